The van der Waals surface area contributed by atoms with Crippen LogP contribution in [-0.2, 0) is 0 Å². The minimum Gasteiger partial charge on any atom is -0.330 e. The number of nitrogens with two attached hydrogens (primary N) is 4. The number of nitrogens with zero attached hydrogens (tertiary/aromatic N) is 2. The quantitative estimate of drug-likeness (QED) is 0.208. The van der Waals surface area contributed by atoms with Crippen LogP contribution in [0.5, 0.6) is 0 Å². The Morgan fingerprint density at radius 1 is 0.680 bits per heavy atom. The van der Waals surface area contributed by atoms with Gasteiger partial charge >= 0.3 is 0 Å². The first-order valence-corrected chi connectivity index (χ1v) is 10.1. The normalized spacial score (nSPS) is 13.1. The van der Waals surface area contributed by atoms with Gasteiger partial charge in [0.05, 0.1) is 0 Å². The largest absolute Gasteiger partial charge is 0.330 e. The highest BCUT2D eigenvalue weighted by atomic mass is 15.2. The molecule has 0 heterocycles. The van der Waals surface area contributed by atoms with Gasteiger partial charge in [-0.2, -0.15) is 0 Å². The molecule has 0 aliphatic heterocycles. The minimum atomic E-state index is 0.550. The Balaban J connectivity index is 4.46. The summed E-state index contributed by atoms with van der Waals surface area (Å²) in [6.07, 6.45) is 6.60. The van der Waals surface area contributed by atoms with Gasteiger partial charge in [-0.3, -0.25) is 4.90 Å². The van der Waals surface area contributed by atoms with Crippen molar-refractivity contribution in [3.8, 4) is 0 Å². The van der Waals surface area contributed by atoms with Gasteiger partial charge in [0.25, 0.3) is 0 Å². The Labute approximate surface area is 155 Å². The van der Waals surface area contributed by atoms with Gasteiger partial charge in [-0.1, -0.05) is 0 Å². The van der Waals surface area contributed by atoms with Crippen molar-refractivity contribution in [3.63, 3.8) is 0 Å². The second kappa shape index (κ2) is 18.5. The lowest BCUT2D eigenvalue weighted by Gasteiger charge is -2.32. The van der Waals surface area contributed by atoms with Gasteiger partial charge in [0.15, 0.2) is 0 Å². The van der Waals surface area contributed by atoms with Crippen molar-refractivity contribution in [2.75, 3.05) is 72.5 Å². The van der Waals surface area contributed by atoms with E-state index in [9.17, 15) is 0 Å². The van der Waals surface area contributed by atoms with E-state index in [-0.39, 0.29) is 0 Å². The highest BCUT2D eigenvalue weighted by Crippen LogP contribution is 2.10. The topological polar surface area (TPSA) is 123 Å². The molecule has 7 heteroatoms. The number of rotatable bonds is 19. The van der Waals surface area contributed by atoms with Gasteiger partial charge < -0.3 is 33.2 Å². The summed E-state index contributed by atoms with van der Waals surface area (Å²) < 4.78 is 0. The average Bonchev–Trinajstić information content (AvgIpc) is 2.63. The van der Waals surface area contributed by atoms with E-state index in [0.717, 1.165) is 91.1 Å². The van der Waals surface area contributed by atoms with Gasteiger partial charge in [-0.15, -0.1) is 0 Å². The summed E-state index contributed by atoms with van der Waals surface area (Å²) in [5.41, 5.74) is 22.8. The fourth-order valence-corrected chi connectivity index (χ4v) is 3.23. The van der Waals surface area contributed by atoms with E-state index >= 15 is 0 Å². The first-order chi connectivity index (χ1) is 12.2. The van der Waals surface area contributed by atoms with Crippen molar-refractivity contribution < 1.29 is 0 Å². The van der Waals surface area contributed by atoms with E-state index in [4.69, 9.17) is 22.9 Å². The maximum absolute atomic E-state index is 5.72. The summed E-state index contributed by atoms with van der Waals surface area (Å²) in [4.78, 5) is 5.08. The summed E-state index contributed by atoms with van der Waals surface area (Å²) in [6.45, 7) is 9.44. The smallest absolute Gasteiger partial charge is 0.0221 e. The van der Waals surface area contributed by atoms with E-state index < -0.39 is 0 Å². The molecule has 0 saturated carbocycles. The molecule has 1 unspecified atom stereocenters. The molecule has 0 aliphatic rings. The van der Waals surface area contributed by atoms with Crippen LogP contribution in [0.4, 0.5) is 0 Å². The van der Waals surface area contributed by atoms with Crippen LogP contribution >= 0.6 is 0 Å². The third kappa shape index (κ3) is 13.6. The van der Waals surface area contributed by atoms with Gasteiger partial charge in [0.1, 0.15) is 0 Å². The molecule has 0 amide bonds. The van der Waals surface area contributed by atoms with Crippen LogP contribution < -0.4 is 28.3 Å². The van der Waals surface area contributed by atoms with Crippen molar-refractivity contribution in [2.24, 2.45) is 22.9 Å². The summed E-state index contributed by atoms with van der Waals surface area (Å²) in [5.74, 6) is 0. The monoisotopic (exact) mass is 359 g/mol. The van der Waals surface area contributed by atoms with Crippen LogP contribution in [0.1, 0.15) is 38.5 Å². The van der Waals surface area contributed by atoms with Gasteiger partial charge in [-0.05, 0) is 104 Å². The summed E-state index contributed by atoms with van der Waals surface area (Å²) in [5, 5.41) is 3.36. The Morgan fingerprint density at radius 3 is 1.56 bits per heavy atom. The first-order valence-electron chi connectivity index (χ1n) is 10.1. The van der Waals surface area contributed by atoms with E-state index in [1.807, 2.05) is 7.05 Å². The molecule has 0 aliphatic carbocycles. The molecule has 0 spiro atoms. The van der Waals surface area contributed by atoms with E-state index in [1.165, 1.54) is 12.8 Å². The van der Waals surface area contributed by atoms with Crippen molar-refractivity contribution in [1.82, 2.24) is 15.1 Å². The van der Waals surface area contributed by atoms with Crippen LogP contribution in [-0.4, -0.2) is 88.3 Å². The number of hydrogen-bond acceptors (Lipinski definition) is 7. The molecule has 9 N–H and O–H groups in total. The van der Waals surface area contributed by atoms with Gasteiger partial charge in [-0.25, -0.2) is 0 Å². The Hall–Kier alpha value is -0.280. The average molecular weight is 360 g/mol. The maximum Gasteiger partial charge on any atom is 0.0221 e. The molecular weight excluding hydrogens is 314 g/mol. The third-order valence-corrected chi connectivity index (χ3v) is 4.62. The molecule has 0 aromatic heterocycles. The van der Waals surface area contributed by atoms with E-state index in [0.29, 0.717) is 6.04 Å². The predicted octanol–water partition coefficient (Wildman–Crippen LogP) is -0.646. The Kier molecular flexibility index (Phi) is 18.3. The lowest BCUT2D eigenvalue weighted by atomic mass is 10.1. The van der Waals surface area contributed by atoms with Crippen LogP contribution in [0, 0.1) is 0 Å². The zero-order valence-electron chi connectivity index (χ0n) is 16.6. The predicted molar refractivity (Wildman–Crippen MR) is 110 cm³/mol. The fraction of sp³-hybridized carbons (Fsp3) is 1.00. The standard InChI is InChI=1S/C18H45N7/c1-23-17-18(25(15-5-10-21)16-6-11-22)7-2-12-24(13-3-8-19)14-4-9-20/h18,23H,2-17,19-22H2,1H3. The van der Waals surface area contributed by atoms with E-state index in [2.05, 4.69) is 15.1 Å². The molecule has 0 saturated heterocycles. The molecule has 152 valence electrons. The Bertz CT molecular complexity index is 250. The second-order valence-corrected chi connectivity index (χ2v) is 6.80. The maximum atomic E-state index is 5.72. The van der Waals surface area contributed by atoms with Crippen LogP contribution in [0.2, 0.25) is 0 Å². The zero-order chi connectivity index (χ0) is 18.8. The fourth-order valence-electron chi connectivity index (χ4n) is 3.23. The zero-order valence-corrected chi connectivity index (χ0v) is 16.6. The molecular formula is C18H45N7. The van der Waals surface area contributed by atoms with Crippen molar-refractivity contribution in [3.05, 3.63) is 0 Å². The summed E-state index contributed by atoms with van der Waals surface area (Å²) >= 11 is 0. The van der Waals surface area contributed by atoms with E-state index in [1.54, 1.807) is 0 Å². The molecule has 0 fully saturated rings. The highest BCUT2D eigenvalue weighted by Gasteiger charge is 2.17. The molecule has 25 heavy (non-hydrogen) atoms. The van der Waals surface area contributed by atoms with Crippen molar-refractivity contribution in [2.45, 2.75) is 44.6 Å². The molecule has 0 aromatic rings. The van der Waals surface area contributed by atoms with Gasteiger partial charge in [0, 0.05) is 12.6 Å². The SMILES string of the molecule is CNCC(CCCN(CCCN)CCCN)N(CCCN)CCCN. The minimum absolute atomic E-state index is 0.550. The van der Waals surface area contributed by atoms with Crippen LogP contribution in [0.25, 0.3) is 0 Å². The number of hydrogen-bond donors (Lipinski definition) is 5. The lowest BCUT2D eigenvalue weighted by Crippen LogP contribution is -2.44. The van der Waals surface area contributed by atoms with Gasteiger partial charge in [0.2, 0.25) is 0 Å². The molecule has 7 nitrogen and oxygen atoms in total. The number of nitrogens with one attached hydrogen (secondary N) is 1. The molecule has 0 radical (unpaired) electrons. The third-order valence-electron chi connectivity index (χ3n) is 4.62. The van der Waals surface area contributed by atoms with Crippen molar-refractivity contribution in [1.29, 1.82) is 0 Å². The second-order valence-electron chi connectivity index (χ2n) is 6.80. The summed E-state index contributed by atoms with van der Waals surface area (Å²) in [7, 11) is 2.03. The molecule has 0 rings (SSSR count). The molecule has 1 atom stereocenters. The molecule has 0 aromatic carbocycles. The van der Waals surface area contributed by atoms with Crippen LogP contribution in [0.15, 0.2) is 0 Å². The number of likely N-dealkylation sites (N-methyl/N-ethyl adjacent to an activating group) is 1. The molecule has 0 bridgehead atoms. The van der Waals surface area contributed by atoms with Crippen molar-refractivity contribution >= 4 is 0 Å². The lowest BCUT2D eigenvalue weighted by molar-refractivity contribution is 0.171. The van der Waals surface area contributed by atoms with Crippen LogP contribution in [0.3, 0.4) is 0 Å². The Morgan fingerprint density at radius 2 is 1.12 bits per heavy atom. The summed E-state index contributed by atoms with van der Waals surface area (Å²) in [6, 6.07) is 0.550. The first kappa shape index (κ1) is 24.7. The highest BCUT2D eigenvalue weighted by molar-refractivity contribution is 4.75.